The minimum absolute atomic E-state index is 0.0365. The fraction of sp³-hybridized carbons (Fsp3) is 0.250. The quantitative estimate of drug-likeness (QED) is 0.753. The van der Waals surface area contributed by atoms with Crippen LogP contribution in [0.4, 0.5) is 32.0 Å². The van der Waals surface area contributed by atoms with Crippen molar-refractivity contribution in [2.75, 3.05) is 5.32 Å². The highest BCUT2D eigenvalue weighted by molar-refractivity contribution is 6.31. The van der Waals surface area contributed by atoms with Crippen LogP contribution < -0.4 is 10.1 Å². The Hall–Kier alpha value is -1.94. The van der Waals surface area contributed by atoms with Gasteiger partial charge in [0.05, 0.1) is 5.69 Å². The number of aliphatic hydroxyl groups is 1. The second-order valence-corrected chi connectivity index (χ2v) is 4.85. The number of rotatable bonds is 1. The first kappa shape index (κ1) is 17.4. The van der Waals surface area contributed by atoms with Gasteiger partial charge in [0.15, 0.2) is 0 Å². The maximum atomic E-state index is 13.1. The van der Waals surface area contributed by atoms with Crippen molar-refractivity contribution in [1.82, 2.24) is 0 Å². The lowest BCUT2D eigenvalue weighted by atomic mass is 10.0. The molecule has 0 saturated carbocycles. The molecule has 1 aliphatic rings. The molecule has 0 fully saturated rings. The lowest BCUT2D eigenvalue weighted by Crippen LogP contribution is -2.55. The Kier molecular flexibility index (Phi) is 4.02. The number of anilines is 1. The van der Waals surface area contributed by atoms with Gasteiger partial charge >= 0.3 is 18.1 Å². The van der Waals surface area contributed by atoms with Gasteiger partial charge in [0.1, 0.15) is 11.3 Å². The summed E-state index contributed by atoms with van der Waals surface area (Å²) in [7, 11) is 0. The van der Waals surface area contributed by atoms with Crippen molar-refractivity contribution in [2.45, 2.75) is 18.1 Å². The van der Waals surface area contributed by atoms with Crippen molar-refractivity contribution in [3.8, 4) is 5.75 Å². The van der Waals surface area contributed by atoms with Gasteiger partial charge in [-0.3, -0.25) is 4.79 Å². The van der Waals surface area contributed by atoms with Crippen LogP contribution >= 0.6 is 11.6 Å². The van der Waals surface area contributed by atoms with Crippen LogP contribution in [-0.2, 0) is 4.79 Å². The molecule has 0 amide bonds. The van der Waals surface area contributed by atoms with Crippen LogP contribution in [0.5, 0.6) is 5.75 Å². The number of fused-ring (bicyclic) bond motifs is 1. The molecule has 2 rings (SSSR count). The normalized spacial score (nSPS) is 21.5. The Bertz CT molecular complexity index is 684. The van der Waals surface area contributed by atoms with E-state index in [2.05, 4.69) is 4.74 Å². The molecule has 0 saturated heterocycles. The van der Waals surface area contributed by atoms with Crippen molar-refractivity contribution in [1.29, 1.82) is 0 Å². The number of halogens is 7. The molecule has 0 spiro atoms. The van der Waals surface area contributed by atoms with Gasteiger partial charge in [-0.25, -0.2) is 0 Å². The van der Waals surface area contributed by atoms with Gasteiger partial charge in [0, 0.05) is 11.2 Å². The van der Waals surface area contributed by atoms with Crippen LogP contribution in [-0.4, -0.2) is 29.0 Å². The molecular weight excluding hydrogens is 356 g/mol. The van der Waals surface area contributed by atoms with Crippen molar-refractivity contribution >= 4 is 23.1 Å². The van der Waals surface area contributed by atoms with Gasteiger partial charge in [-0.05, 0) is 18.2 Å². The molecule has 1 aromatic rings. The van der Waals surface area contributed by atoms with Crippen molar-refractivity contribution < 1.29 is 41.0 Å². The number of ketones is 1. The molecule has 2 N–H and O–H groups in total. The zero-order valence-electron chi connectivity index (χ0n) is 10.7. The lowest BCUT2D eigenvalue weighted by molar-refractivity contribution is -0.316. The molecule has 1 aromatic carbocycles. The molecule has 1 unspecified atom stereocenters. The third-order valence-corrected chi connectivity index (χ3v) is 3.06. The number of hydrogen-bond donors (Lipinski definition) is 2. The summed E-state index contributed by atoms with van der Waals surface area (Å²) in [5, 5.41) is 11.8. The first-order valence-electron chi connectivity index (χ1n) is 5.72. The Labute approximate surface area is 129 Å². The highest BCUT2D eigenvalue weighted by Crippen LogP contribution is 2.44. The van der Waals surface area contributed by atoms with Crippen LogP contribution in [0, 0.1) is 0 Å². The third-order valence-electron chi connectivity index (χ3n) is 2.82. The number of ether oxygens (including phenoxy) is 1. The molecule has 0 aromatic heterocycles. The highest BCUT2D eigenvalue weighted by atomic mass is 35.5. The average Bonchev–Trinajstić information content (AvgIpc) is 2.53. The molecule has 0 bridgehead atoms. The number of Topliss-reactive ketones (excluding diaryl/α,β-unsaturated/α-hetero) is 1. The van der Waals surface area contributed by atoms with E-state index < -0.39 is 35.2 Å². The van der Waals surface area contributed by atoms with Crippen LogP contribution in [0.1, 0.15) is 0 Å². The highest BCUT2D eigenvalue weighted by Gasteiger charge is 2.65. The summed E-state index contributed by atoms with van der Waals surface area (Å²) in [4.78, 5) is 11.3. The third kappa shape index (κ3) is 3.08. The van der Waals surface area contributed by atoms with E-state index in [1.54, 1.807) is 0 Å². The van der Waals surface area contributed by atoms with E-state index in [4.69, 9.17) is 11.6 Å². The summed E-state index contributed by atoms with van der Waals surface area (Å²) in [5.74, 6) is -8.02. The van der Waals surface area contributed by atoms with Gasteiger partial charge < -0.3 is 15.2 Å². The Morgan fingerprint density at radius 1 is 1.22 bits per heavy atom. The second-order valence-electron chi connectivity index (χ2n) is 4.41. The molecule has 1 heterocycles. The maximum Gasteiger partial charge on any atom is 0.460 e. The summed E-state index contributed by atoms with van der Waals surface area (Å²) >= 11 is 5.61. The minimum Gasteiger partial charge on any atom is -0.447 e. The predicted octanol–water partition coefficient (Wildman–Crippen LogP) is 3.41. The van der Waals surface area contributed by atoms with E-state index in [0.717, 1.165) is 18.2 Å². The van der Waals surface area contributed by atoms with Crippen molar-refractivity contribution in [3.05, 3.63) is 35.0 Å². The molecule has 1 atom stereocenters. The number of hydrogen-bond acceptors (Lipinski definition) is 4. The van der Waals surface area contributed by atoms with Gasteiger partial charge in [-0.2, -0.15) is 26.3 Å². The molecule has 0 radical (unpaired) electrons. The van der Waals surface area contributed by atoms with Crippen molar-refractivity contribution in [3.63, 3.8) is 0 Å². The van der Waals surface area contributed by atoms with E-state index in [-0.39, 0.29) is 16.9 Å². The minimum atomic E-state index is -5.72. The van der Waals surface area contributed by atoms with Gasteiger partial charge in [-0.1, -0.05) is 11.6 Å². The lowest BCUT2D eigenvalue weighted by Gasteiger charge is -2.31. The van der Waals surface area contributed by atoms with E-state index in [1.807, 2.05) is 5.32 Å². The summed E-state index contributed by atoms with van der Waals surface area (Å²) in [6.07, 6.45) is -11.3. The molecule has 11 heteroatoms. The van der Waals surface area contributed by atoms with E-state index >= 15 is 0 Å². The standard InChI is InChI=1S/C12H6ClF6NO3/c13-5-1-2-8-7(3-5)20-4-6(9(21)11(14,15)16)10(22,23-8)12(17,18)19/h1-4,20,22H. The van der Waals surface area contributed by atoms with Gasteiger partial charge in [0.2, 0.25) is 0 Å². The largest absolute Gasteiger partial charge is 0.460 e. The van der Waals surface area contributed by atoms with Crippen LogP contribution in [0.25, 0.3) is 0 Å². The maximum absolute atomic E-state index is 13.1. The zero-order chi connectivity index (χ0) is 17.6. The molecule has 1 aliphatic heterocycles. The van der Waals surface area contributed by atoms with E-state index in [0.29, 0.717) is 0 Å². The number of alkyl halides is 6. The van der Waals surface area contributed by atoms with Crippen molar-refractivity contribution in [2.24, 2.45) is 0 Å². The fourth-order valence-electron chi connectivity index (χ4n) is 1.75. The fourth-order valence-corrected chi connectivity index (χ4v) is 1.92. The smallest absolute Gasteiger partial charge is 0.447 e. The van der Waals surface area contributed by atoms with Gasteiger partial charge in [0.25, 0.3) is 5.78 Å². The predicted molar refractivity (Wildman–Crippen MR) is 65.9 cm³/mol. The summed E-state index contributed by atoms with van der Waals surface area (Å²) < 4.78 is 81.1. The Morgan fingerprint density at radius 3 is 2.35 bits per heavy atom. The number of benzene rings is 1. The average molecular weight is 362 g/mol. The Balaban J connectivity index is 2.63. The second kappa shape index (κ2) is 5.31. The van der Waals surface area contributed by atoms with Crippen LogP contribution in [0.3, 0.4) is 0 Å². The number of nitrogens with one attached hydrogen (secondary N) is 1. The number of carbonyl (C=O) groups is 1. The SMILES string of the molecule is O=C(C1=CNc2cc(Cl)ccc2OC1(O)C(F)(F)F)C(F)(F)F. The summed E-state index contributed by atoms with van der Waals surface area (Å²) in [6.45, 7) is 0. The molecule has 4 nitrogen and oxygen atoms in total. The monoisotopic (exact) mass is 361 g/mol. The molecule has 23 heavy (non-hydrogen) atoms. The first-order valence-corrected chi connectivity index (χ1v) is 6.10. The number of carbonyl (C=O) groups excluding carboxylic acids is 1. The summed E-state index contributed by atoms with van der Waals surface area (Å²) in [5.41, 5.74) is -2.31. The molecular formula is C12H6ClF6NO3. The molecule has 126 valence electrons. The van der Waals surface area contributed by atoms with E-state index in [9.17, 15) is 36.2 Å². The first-order chi connectivity index (χ1) is 10.4. The topological polar surface area (TPSA) is 58.6 Å². The zero-order valence-corrected chi connectivity index (χ0v) is 11.5. The Morgan fingerprint density at radius 2 is 1.83 bits per heavy atom. The van der Waals surface area contributed by atoms with Gasteiger partial charge in [-0.15, -0.1) is 0 Å². The van der Waals surface area contributed by atoms with E-state index in [1.165, 1.54) is 0 Å². The molecule has 0 aliphatic carbocycles. The van der Waals surface area contributed by atoms with Crippen LogP contribution in [0.15, 0.2) is 30.0 Å². The van der Waals surface area contributed by atoms with Crippen LogP contribution in [0.2, 0.25) is 5.02 Å². The summed E-state index contributed by atoms with van der Waals surface area (Å²) in [6, 6.07) is 3.04.